The number of rotatable bonds is 7. The summed E-state index contributed by atoms with van der Waals surface area (Å²) in [6, 6.07) is 10.9. The molecule has 31 heavy (non-hydrogen) atoms. The fourth-order valence-electron chi connectivity index (χ4n) is 3.46. The van der Waals surface area contributed by atoms with E-state index >= 15 is 0 Å². The molecule has 1 fully saturated rings. The van der Waals surface area contributed by atoms with Gasteiger partial charge >= 0.3 is 12.0 Å². The van der Waals surface area contributed by atoms with Gasteiger partial charge in [0.1, 0.15) is 24.2 Å². The average Bonchev–Trinajstić information content (AvgIpc) is 3.05. The monoisotopic (exact) mass is 429 g/mol. The summed E-state index contributed by atoms with van der Waals surface area (Å²) in [7, 11) is 1.55. The summed E-state index contributed by atoms with van der Waals surface area (Å²) in [5, 5.41) is 5.27. The van der Waals surface area contributed by atoms with E-state index in [0.29, 0.717) is 11.4 Å². The van der Waals surface area contributed by atoms with E-state index in [-0.39, 0.29) is 31.5 Å². The van der Waals surface area contributed by atoms with Gasteiger partial charge in [0.2, 0.25) is 5.91 Å². The number of halogens is 1. The van der Waals surface area contributed by atoms with Crippen LogP contribution in [0.15, 0.2) is 48.5 Å². The predicted molar refractivity (Wildman–Crippen MR) is 111 cm³/mol. The number of hydrogen-bond acceptors (Lipinski definition) is 5. The second-order valence-corrected chi connectivity index (χ2v) is 6.99. The number of carbonyl (C=O) groups excluding carboxylic acids is 3. The van der Waals surface area contributed by atoms with Crippen LogP contribution < -0.4 is 15.4 Å². The van der Waals surface area contributed by atoms with Crippen molar-refractivity contribution in [2.75, 3.05) is 32.1 Å². The molecule has 3 amide bonds. The van der Waals surface area contributed by atoms with Crippen molar-refractivity contribution in [3.63, 3.8) is 0 Å². The molecule has 1 saturated heterocycles. The Kier molecular flexibility index (Phi) is 7.07. The highest BCUT2D eigenvalue weighted by molar-refractivity contribution is 5.96. The summed E-state index contributed by atoms with van der Waals surface area (Å²) in [4.78, 5) is 38.8. The number of esters is 1. The van der Waals surface area contributed by atoms with Crippen LogP contribution in [0.3, 0.4) is 0 Å². The van der Waals surface area contributed by atoms with E-state index in [1.807, 2.05) is 12.1 Å². The Bertz CT molecular complexity index is 933. The lowest BCUT2D eigenvalue weighted by Crippen LogP contribution is -2.46. The van der Waals surface area contributed by atoms with E-state index < -0.39 is 23.9 Å². The number of urea groups is 1. The summed E-state index contributed by atoms with van der Waals surface area (Å²) < 4.78 is 23.2. The minimum atomic E-state index is -0.886. The zero-order valence-electron chi connectivity index (χ0n) is 17.3. The van der Waals surface area contributed by atoms with Gasteiger partial charge in [-0.3, -0.25) is 9.59 Å². The Hall–Kier alpha value is -3.62. The molecule has 0 unspecified atom stereocenters. The number of methoxy groups -OCH3 is 1. The number of amides is 3. The molecule has 2 atom stereocenters. The fourth-order valence-corrected chi connectivity index (χ4v) is 3.46. The second kappa shape index (κ2) is 9.92. The molecule has 2 aromatic rings. The molecule has 0 aromatic heterocycles. The number of hydrogen-bond donors (Lipinski definition) is 2. The standard InChI is InChI=1S/C22H24FN3O5/c1-3-31-19(27)13-26-12-18(14-4-10-17(30-2)11-5-14)20(21(26)28)25-22(29)24-16-8-6-15(23)7-9-16/h4-11,18,20H,3,12-13H2,1-2H3,(H2,24,25,29)/t18-,20-/m0/s1. The van der Waals surface area contributed by atoms with Crippen molar-refractivity contribution < 1.29 is 28.2 Å². The third kappa shape index (κ3) is 5.50. The van der Waals surface area contributed by atoms with Crippen LogP contribution in [0.4, 0.5) is 14.9 Å². The average molecular weight is 429 g/mol. The smallest absolute Gasteiger partial charge is 0.325 e. The molecular formula is C22H24FN3O5. The van der Waals surface area contributed by atoms with Gasteiger partial charge in [0.15, 0.2) is 0 Å². The van der Waals surface area contributed by atoms with E-state index in [9.17, 15) is 18.8 Å². The van der Waals surface area contributed by atoms with Gasteiger partial charge in [-0.05, 0) is 48.9 Å². The number of nitrogens with one attached hydrogen (secondary N) is 2. The Morgan fingerprint density at radius 1 is 1.13 bits per heavy atom. The first kappa shape index (κ1) is 22.1. The van der Waals surface area contributed by atoms with Gasteiger partial charge < -0.3 is 25.0 Å². The highest BCUT2D eigenvalue weighted by Crippen LogP contribution is 2.30. The molecule has 1 heterocycles. The van der Waals surface area contributed by atoms with Crippen LogP contribution in [0.2, 0.25) is 0 Å². The molecule has 0 bridgehead atoms. The molecule has 1 aliphatic heterocycles. The largest absolute Gasteiger partial charge is 0.497 e. The first-order valence-electron chi connectivity index (χ1n) is 9.82. The maximum Gasteiger partial charge on any atom is 0.325 e. The second-order valence-electron chi connectivity index (χ2n) is 6.99. The molecule has 0 radical (unpaired) electrons. The van der Waals surface area contributed by atoms with Crippen LogP contribution in [-0.4, -0.2) is 55.7 Å². The molecule has 2 N–H and O–H groups in total. The highest BCUT2D eigenvalue weighted by atomic mass is 19.1. The minimum absolute atomic E-state index is 0.197. The summed E-state index contributed by atoms with van der Waals surface area (Å²) in [5.74, 6) is -1.04. The van der Waals surface area contributed by atoms with Crippen molar-refractivity contribution in [3.8, 4) is 5.75 Å². The Balaban J connectivity index is 1.77. The maximum atomic E-state index is 13.1. The number of likely N-dealkylation sites (tertiary alicyclic amines) is 1. The van der Waals surface area contributed by atoms with Gasteiger partial charge in [0, 0.05) is 18.2 Å². The van der Waals surface area contributed by atoms with Gasteiger partial charge in [0.25, 0.3) is 0 Å². The fraction of sp³-hybridized carbons (Fsp3) is 0.318. The van der Waals surface area contributed by atoms with Gasteiger partial charge in [-0.2, -0.15) is 0 Å². The van der Waals surface area contributed by atoms with Gasteiger partial charge in [-0.1, -0.05) is 12.1 Å². The lowest BCUT2D eigenvalue weighted by atomic mass is 9.94. The van der Waals surface area contributed by atoms with Crippen molar-refractivity contribution in [2.24, 2.45) is 0 Å². The molecule has 0 spiro atoms. The lowest BCUT2D eigenvalue weighted by molar-refractivity contribution is -0.147. The topological polar surface area (TPSA) is 97.0 Å². The van der Waals surface area contributed by atoms with E-state index in [2.05, 4.69) is 10.6 Å². The Morgan fingerprint density at radius 3 is 2.42 bits per heavy atom. The molecular weight excluding hydrogens is 405 g/mol. The summed E-state index contributed by atoms with van der Waals surface area (Å²) >= 11 is 0. The first-order valence-corrected chi connectivity index (χ1v) is 9.82. The predicted octanol–water partition coefficient (Wildman–Crippen LogP) is 2.51. The van der Waals surface area contributed by atoms with Crippen LogP contribution >= 0.6 is 0 Å². The number of carbonyl (C=O) groups is 3. The van der Waals surface area contributed by atoms with E-state index in [1.165, 1.54) is 29.2 Å². The molecule has 2 aromatic carbocycles. The Labute approximate surface area is 179 Å². The van der Waals surface area contributed by atoms with Crippen LogP contribution in [0.5, 0.6) is 5.75 Å². The molecule has 9 heteroatoms. The number of ether oxygens (including phenoxy) is 2. The van der Waals surface area contributed by atoms with Crippen molar-refractivity contribution in [1.82, 2.24) is 10.2 Å². The van der Waals surface area contributed by atoms with Crippen molar-refractivity contribution in [2.45, 2.75) is 18.9 Å². The molecule has 1 aliphatic rings. The van der Waals surface area contributed by atoms with Crippen LogP contribution in [0, 0.1) is 5.82 Å². The van der Waals surface area contributed by atoms with Crippen LogP contribution in [-0.2, 0) is 14.3 Å². The Morgan fingerprint density at radius 2 is 1.81 bits per heavy atom. The molecule has 8 nitrogen and oxygen atoms in total. The zero-order chi connectivity index (χ0) is 22.4. The van der Waals surface area contributed by atoms with Crippen LogP contribution in [0.1, 0.15) is 18.4 Å². The zero-order valence-corrected chi connectivity index (χ0v) is 17.3. The summed E-state index contributed by atoms with van der Waals surface area (Å²) in [6.45, 7) is 1.95. The number of anilines is 1. The third-order valence-corrected chi connectivity index (χ3v) is 4.96. The summed E-state index contributed by atoms with van der Waals surface area (Å²) in [6.07, 6.45) is 0. The normalized spacial score (nSPS) is 17.9. The van der Waals surface area contributed by atoms with Crippen molar-refractivity contribution in [3.05, 3.63) is 59.9 Å². The van der Waals surface area contributed by atoms with Crippen LogP contribution in [0.25, 0.3) is 0 Å². The first-order chi connectivity index (χ1) is 14.9. The van der Waals surface area contributed by atoms with E-state index in [4.69, 9.17) is 9.47 Å². The van der Waals surface area contributed by atoms with Gasteiger partial charge in [-0.25, -0.2) is 9.18 Å². The third-order valence-electron chi connectivity index (χ3n) is 4.96. The highest BCUT2D eigenvalue weighted by Gasteiger charge is 2.43. The van der Waals surface area contributed by atoms with Gasteiger partial charge in [0.05, 0.1) is 13.7 Å². The maximum absolute atomic E-state index is 13.1. The molecule has 3 rings (SSSR count). The molecule has 0 saturated carbocycles. The quantitative estimate of drug-likeness (QED) is 0.660. The van der Waals surface area contributed by atoms with Crippen molar-refractivity contribution >= 4 is 23.6 Å². The van der Waals surface area contributed by atoms with E-state index in [1.54, 1.807) is 26.2 Å². The minimum Gasteiger partial charge on any atom is -0.497 e. The summed E-state index contributed by atoms with van der Waals surface area (Å²) in [5.41, 5.74) is 1.20. The van der Waals surface area contributed by atoms with Gasteiger partial charge in [-0.15, -0.1) is 0 Å². The number of nitrogens with zero attached hydrogens (tertiary/aromatic N) is 1. The SMILES string of the molecule is CCOC(=O)CN1C[C@@H](c2ccc(OC)cc2)[C@H](NC(=O)Nc2ccc(F)cc2)C1=O. The molecule has 0 aliphatic carbocycles. The number of benzene rings is 2. The molecule has 164 valence electrons. The van der Waals surface area contributed by atoms with Crippen molar-refractivity contribution in [1.29, 1.82) is 0 Å². The van der Waals surface area contributed by atoms with E-state index in [0.717, 1.165) is 5.56 Å². The lowest BCUT2D eigenvalue weighted by Gasteiger charge is -2.19.